The Hall–Kier alpha value is -7.68. The molecule has 2 heteroatoms. The van der Waals surface area contributed by atoms with Gasteiger partial charge in [0.2, 0.25) is 0 Å². The summed E-state index contributed by atoms with van der Waals surface area (Å²) in [4.78, 5) is 2.42. The summed E-state index contributed by atoms with van der Waals surface area (Å²) >= 11 is 0. The Kier molecular flexibility index (Phi) is 8.19. The lowest BCUT2D eigenvalue weighted by molar-refractivity contribution is 1.18. The number of rotatable bonds is 7. The third kappa shape index (κ3) is 5.66. The molecule has 10 aromatic carbocycles. The molecular formula is C56H38N2. The molecule has 0 spiro atoms. The van der Waals surface area contributed by atoms with Gasteiger partial charge in [-0.3, -0.25) is 0 Å². The quantitative estimate of drug-likeness (QED) is 0.158. The standard InChI is InChI=1S/C56H38N2/c1-3-17-39(18-4-1)47-26-11-12-27-48(47)41-33-35-45(36-34-41)57(52-32-16-21-40-19-7-9-28-49(40)52)46-25-15-22-43(37-46)55-50-29-10-8-20-42(50)38-54-56(55)51-30-13-14-31-53(51)58(54)44-23-5-2-6-24-44/h1-38H. The Morgan fingerprint density at radius 2 is 0.897 bits per heavy atom. The summed E-state index contributed by atoms with van der Waals surface area (Å²) in [6.45, 7) is 0. The van der Waals surface area contributed by atoms with Crippen LogP contribution in [0.4, 0.5) is 17.1 Å². The van der Waals surface area contributed by atoms with Crippen LogP contribution in [-0.2, 0) is 0 Å². The van der Waals surface area contributed by atoms with Crippen LogP contribution < -0.4 is 4.90 Å². The van der Waals surface area contributed by atoms with Crippen LogP contribution in [0.2, 0.25) is 0 Å². The highest BCUT2D eigenvalue weighted by Crippen LogP contribution is 2.46. The molecule has 0 atom stereocenters. The summed E-state index contributed by atoms with van der Waals surface area (Å²) in [5.74, 6) is 0. The highest BCUT2D eigenvalue weighted by molar-refractivity contribution is 6.23. The van der Waals surface area contributed by atoms with E-state index < -0.39 is 0 Å². The Labute approximate surface area is 338 Å². The predicted octanol–water partition coefficient (Wildman–Crippen LogP) is 15.6. The van der Waals surface area contributed by atoms with Gasteiger partial charge >= 0.3 is 0 Å². The second kappa shape index (κ2) is 14.1. The molecule has 0 aliphatic rings. The fourth-order valence-corrected chi connectivity index (χ4v) is 8.97. The van der Waals surface area contributed by atoms with Gasteiger partial charge in [-0.15, -0.1) is 0 Å². The molecule has 0 aliphatic heterocycles. The number of benzene rings is 10. The predicted molar refractivity (Wildman–Crippen MR) is 247 cm³/mol. The van der Waals surface area contributed by atoms with E-state index in [0.717, 1.165) is 22.7 Å². The first-order valence-corrected chi connectivity index (χ1v) is 19.9. The lowest BCUT2D eigenvalue weighted by Crippen LogP contribution is -2.10. The van der Waals surface area contributed by atoms with Gasteiger partial charge < -0.3 is 9.47 Å². The van der Waals surface area contributed by atoms with Gasteiger partial charge in [0.05, 0.1) is 16.7 Å². The Balaban J connectivity index is 1.13. The minimum atomic E-state index is 1.10. The monoisotopic (exact) mass is 738 g/mol. The summed E-state index contributed by atoms with van der Waals surface area (Å²) in [5.41, 5.74) is 14.1. The fourth-order valence-electron chi connectivity index (χ4n) is 8.97. The van der Waals surface area contributed by atoms with E-state index in [2.05, 4.69) is 240 Å². The van der Waals surface area contributed by atoms with Crippen LogP contribution in [0.25, 0.3) is 82.4 Å². The van der Waals surface area contributed by atoms with Gasteiger partial charge in [-0.25, -0.2) is 0 Å². The number of anilines is 3. The first-order valence-electron chi connectivity index (χ1n) is 19.9. The molecule has 0 saturated heterocycles. The lowest BCUT2D eigenvalue weighted by Gasteiger charge is -2.28. The maximum Gasteiger partial charge on any atom is 0.0553 e. The molecule has 0 amide bonds. The van der Waals surface area contributed by atoms with Crippen LogP contribution in [-0.4, -0.2) is 4.57 Å². The van der Waals surface area contributed by atoms with Crippen LogP contribution in [0, 0.1) is 0 Å². The molecule has 1 heterocycles. The second-order valence-corrected chi connectivity index (χ2v) is 14.9. The van der Waals surface area contributed by atoms with Crippen molar-refractivity contribution in [3.8, 4) is 39.1 Å². The maximum absolute atomic E-state index is 2.42. The summed E-state index contributed by atoms with van der Waals surface area (Å²) in [6.07, 6.45) is 0. The van der Waals surface area contributed by atoms with Crippen molar-refractivity contribution in [1.29, 1.82) is 0 Å². The van der Waals surface area contributed by atoms with Crippen molar-refractivity contribution in [3.63, 3.8) is 0 Å². The minimum absolute atomic E-state index is 1.10. The number of hydrogen-bond donors (Lipinski definition) is 0. The Bertz CT molecular complexity index is 3260. The number of para-hydroxylation sites is 2. The number of hydrogen-bond acceptors (Lipinski definition) is 1. The average molecular weight is 739 g/mol. The highest BCUT2D eigenvalue weighted by Gasteiger charge is 2.21. The molecule has 1 aromatic heterocycles. The number of fused-ring (bicyclic) bond motifs is 5. The Morgan fingerprint density at radius 1 is 0.328 bits per heavy atom. The van der Waals surface area contributed by atoms with Crippen molar-refractivity contribution < 1.29 is 0 Å². The smallest absolute Gasteiger partial charge is 0.0553 e. The van der Waals surface area contributed by atoms with Gasteiger partial charge in [0.1, 0.15) is 0 Å². The van der Waals surface area contributed by atoms with Gasteiger partial charge in [0.25, 0.3) is 0 Å². The van der Waals surface area contributed by atoms with Crippen LogP contribution in [0.3, 0.4) is 0 Å². The van der Waals surface area contributed by atoms with Crippen molar-refractivity contribution in [2.75, 3.05) is 4.90 Å². The van der Waals surface area contributed by atoms with Gasteiger partial charge in [-0.05, 0) is 104 Å². The van der Waals surface area contributed by atoms with Crippen LogP contribution in [0.15, 0.2) is 231 Å². The van der Waals surface area contributed by atoms with E-state index in [0.29, 0.717) is 0 Å². The number of aromatic nitrogens is 1. The largest absolute Gasteiger partial charge is 0.310 e. The molecule has 0 N–H and O–H groups in total. The first-order chi connectivity index (χ1) is 28.8. The first kappa shape index (κ1) is 33.6. The van der Waals surface area contributed by atoms with Crippen molar-refractivity contribution in [2.24, 2.45) is 0 Å². The highest BCUT2D eigenvalue weighted by atomic mass is 15.1. The van der Waals surface area contributed by atoms with E-state index in [1.54, 1.807) is 0 Å². The molecule has 0 bridgehead atoms. The van der Waals surface area contributed by atoms with E-state index in [-0.39, 0.29) is 0 Å². The summed E-state index contributed by atoms with van der Waals surface area (Å²) < 4.78 is 2.42. The van der Waals surface area contributed by atoms with Crippen LogP contribution >= 0.6 is 0 Å². The Morgan fingerprint density at radius 3 is 1.67 bits per heavy atom. The van der Waals surface area contributed by atoms with E-state index in [4.69, 9.17) is 0 Å². The third-order valence-electron chi connectivity index (χ3n) is 11.5. The fraction of sp³-hybridized carbons (Fsp3) is 0. The van der Waals surface area contributed by atoms with Crippen LogP contribution in [0.1, 0.15) is 0 Å². The molecule has 0 fully saturated rings. The second-order valence-electron chi connectivity index (χ2n) is 14.9. The van der Waals surface area contributed by atoms with Crippen LogP contribution in [0.5, 0.6) is 0 Å². The van der Waals surface area contributed by atoms with E-state index in [1.807, 2.05) is 0 Å². The van der Waals surface area contributed by atoms with Gasteiger partial charge in [-0.1, -0.05) is 176 Å². The van der Waals surface area contributed by atoms with Crippen molar-refractivity contribution >= 4 is 60.4 Å². The molecule has 58 heavy (non-hydrogen) atoms. The zero-order valence-corrected chi connectivity index (χ0v) is 31.8. The lowest BCUT2D eigenvalue weighted by atomic mass is 9.92. The maximum atomic E-state index is 2.42. The third-order valence-corrected chi connectivity index (χ3v) is 11.5. The average Bonchev–Trinajstić information content (AvgIpc) is 3.63. The van der Waals surface area contributed by atoms with Crippen molar-refractivity contribution in [3.05, 3.63) is 231 Å². The number of nitrogens with zero attached hydrogens (tertiary/aromatic N) is 2. The summed E-state index contributed by atoms with van der Waals surface area (Å²) in [7, 11) is 0. The van der Waals surface area contributed by atoms with Gasteiger partial charge in [-0.2, -0.15) is 0 Å². The molecule has 0 saturated carbocycles. The van der Waals surface area contributed by atoms with Crippen molar-refractivity contribution in [2.45, 2.75) is 0 Å². The topological polar surface area (TPSA) is 8.17 Å². The van der Waals surface area contributed by atoms with Gasteiger partial charge in [0, 0.05) is 33.2 Å². The zero-order valence-electron chi connectivity index (χ0n) is 31.8. The molecule has 0 unspecified atom stereocenters. The minimum Gasteiger partial charge on any atom is -0.310 e. The van der Waals surface area contributed by atoms with E-state index in [1.165, 1.54) is 76.7 Å². The molecule has 0 aliphatic carbocycles. The molecule has 11 rings (SSSR count). The summed E-state index contributed by atoms with van der Waals surface area (Å²) in [5, 5.41) is 7.36. The molecule has 0 radical (unpaired) electrons. The zero-order chi connectivity index (χ0) is 38.4. The van der Waals surface area contributed by atoms with Gasteiger partial charge in [0.15, 0.2) is 0 Å². The SMILES string of the molecule is c1ccc(-c2ccccc2-c2ccc(N(c3cccc(-c4c5ccccc5cc5c4c4ccccc4n5-c4ccccc4)c3)c3cccc4ccccc34)cc2)cc1. The summed E-state index contributed by atoms with van der Waals surface area (Å²) in [6, 6.07) is 83.7. The molecular weight excluding hydrogens is 701 g/mol. The normalized spacial score (nSPS) is 11.4. The molecule has 272 valence electrons. The molecule has 11 aromatic rings. The molecule has 2 nitrogen and oxygen atoms in total. The van der Waals surface area contributed by atoms with Crippen molar-refractivity contribution in [1.82, 2.24) is 4.57 Å². The van der Waals surface area contributed by atoms with E-state index >= 15 is 0 Å². The van der Waals surface area contributed by atoms with E-state index in [9.17, 15) is 0 Å².